The van der Waals surface area contributed by atoms with Crippen molar-refractivity contribution in [3.63, 3.8) is 0 Å². The van der Waals surface area contributed by atoms with Crippen LogP contribution < -0.4 is 4.72 Å². The van der Waals surface area contributed by atoms with E-state index in [2.05, 4.69) is 63.6 Å². The average Bonchev–Trinajstić information content (AvgIpc) is 3.68. The third kappa shape index (κ3) is 6.82. The highest BCUT2D eigenvalue weighted by Crippen LogP contribution is 2.49. The predicted molar refractivity (Wildman–Crippen MR) is 211 cm³/mol. The number of rotatable bonds is 8. The molecule has 12 nitrogen and oxygen atoms in total. The Labute approximate surface area is 319 Å². The standard InChI is InChI=1S/C41H55N7O5S/c1-24(2)48-38(37(42-44-48)41(50)46-21-26(5)45(7)27(6)22-46)31-18-30-19-32(53-8)15-17-33(30)39-36(28-12-10-9-11-13-28)34-16-14-29(20-35(34)47(39)23-31)40(49)43-54(51,52)25(3)4/h14-20,24-28,30,33H,9-13,21-23H2,1-8H3,(H,43,49)/t26-,27+,30?,33?. The highest BCUT2D eigenvalue weighted by Gasteiger charge is 2.39. The zero-order valence-corrected chi connectivity index (χ0v) is 33.7. The van der Waals surface area contributed by atoms with E-state index in [1.54, 1.807) is 27.0 Å². The third-order valence-electron chi connectivity index (χ3n) is 12.1. The second-order valence-electron chi connectivity index (χ2n) is 16.3. The van der Waals surface area contributed by atoms with Gasteiger partial charge in [0.25, 0.3) is 11.8 Å². The number of likely N-dealkylation sites (N-methyl/N-ethyl adjacent to an activating group) is 1. The van der Waals surface area contributed by atoms with Crippen LogP contribution in [0.3, 0.4) is 0 Å². The number of methoxy groups -OCH3 is 1. The monoisotopic (exact) mass is 757 g/mol. The number of hydrogen-bond acceptors (Lipinski definition) is 8. The van der Waals surface area contributed by atoms with Crippen LogP contribution in [0.4, 0.5) is 0 Å². The van der Waals surface area contributed by atoms with E-state index >= 15 is 0 Å². The number of ether oxygens (including phenoxy) is 1. The quantitative estimate of drug-likeness (QED) is 0.280. The molecule has 3 aromatic rings. The number of nitrogens with zero attached hydrogens (tertiary/aromatic N) is 6. The Balaban J connectivity index is 1.43. The zero-order valence-electron chi connectivity index (χ0n) is 32.9. The molecule has 2 unspecified atom stereocenters. The summed E-state index contributed by atoms with van der Waals surface area (Å²) in [7, 11) is -0.0571. The second kappa shape index (κ2) is 14.8. The Morgan fingerprint density at radius 2 is 1.70 bits per heavy atom. The molecule has 2 aromatic heterocycles. The average molecular weight is 758 g/mol. The number of sulfonamides is 1. The first-order valence-electron chi connectivity index (χ1n) is 19.5. The largest absolute Gasteiger partial charge is 0.497 e. The maximum atomic E-state index is 14.5. The summed E-state index contributed by atoms with van der Waals surface area (Å²) in [6, 6.07) is 5.91. The van der Waals surface area contributed by atoms with Crippen LogP contribution in [0.25, 0.3) is 16.5 Å². The van der Waals surface area contributed by atoms with Crippen molar-refractivity contribution >= 4 is 38.3 Å². The Bertz CT molecular complexity index is 2140. The molecule has 4 aliphatic rings. The molecule has 0 spiro atoms. The first-order chi connectivity index (χ1) is 25.7. The first kappa shape index (κ1) is 38.1. The fourth-order valence-corrected chi connectivity index (χ4v) is 9.47. The smallest absolute Gasteiger partial charge is 0.276 e. The molecular formula is C41H55N7O5S. The molecule has 7 rings (SSSR count). The lowest BCUT2D eigenvalue weighted by atomic mass is 9.77. The van der Waals surface area contributed by atoms with E-state index in [-0.39, 0.29) is 41.4 Å². The van der Waals surface area contributed by atoms with Gasteiger partial charge in [0.1, 0.15) is 5.76 Å². The van der Waals surface area contributed by atoms with Gasteiger partial charge in [-0.3, -0.25) is 14.5 Å². The van der Waals surface area contributed by atoms with Gasteiger partial charge in [-0.25, -0.2) is 17.8 Å². The van der Waals surface area contributed by atoms with Gasteiger partial charge < -0.3 is 14.2 Å². The van der Waals surface area contributed by atoms with E-state index in [1.807, 2.05) is 41.6 Å². The fourth-order valence-electron chi connectivity index (χ4n) is 8.86. The van der Waals surface area contributed by atoms with Crippen molar-refractivity contribution in [2.45, 2.75) is 115 Å². The SMILES string of the molecule is COC1=CC2C=C(c3c(C(=O)N4C[C@@H](C)N(C)[C@@H](C)C4)nnn3C(C)C)Cn3c(c(C4CCCCC4)c4ccc(C(=O)NS(=O)(=O)C(C)C)cc43)C2C=C1. The summed E-state index contributed by atoms with van der Waals surface area (Å²) in [5.41, 5.74) is 5.55. The molecule has 4 atom stereocenters. The van der Waals surface area contributed by atoms with Crippen LogP contribution in [-0.2, 0) is 21.3 Å². The van der Waals surface area contributed by atoms with Crippen LogP contribution in [-0.4, -0.2) is 94.2 Å². The number of fused-ring (bicyclic) bond motifs is 5. The number of amides is 2. The predicted octanol–water partition coefficient (Wildman–Crippen LogP) is 6.39. The summed E-state index contributed by atoms with van der Waals surface area (Å²) in [6.07, 6.45) is 14.3. The molecule has 13 heteroatoms. The lowest BCUT2D eigenvalue weighted by Gasteiger charge is -2.42. The number of carbonyl (C=O) groups excluding carboxylic acids is 2. The number of piperazine rings is 1. The minimum atomic E-state index is -3.84. The van der Waals surface area contributed by atoms with Gasteiger partial charge in [0.2, 0.25) is 10.0 Å². The second-order valence-corrected chi connectivity index (χ2v) is 18.5. The van der Waals surface area contributed by atoms with Crippen molar-refractivity contribution in [3.05, 3.63) is 76.5 Å². The number of nitrogens with one attached hydrogen (secondary N) is 1. The summed E-state index contributed by atoms with van der Waals surface area (Å²) >= 11 is 0. The topological polar surface area (TPSA) is 132 Å². The molecule has 2 amide bonds. The van der Waals surface area contributed by atoms with Gasteiger partial charge in [-0.15, -0.1) is 5.10 Å². The highest BCUT2D eigenvalue weighted by molar-refractivity contribution is 7.90. The van der Waals surface area contributed by atoms with Crippen molar-refractivity contribution in [1.82, 2.24) is 34.1 Å². The Kier molecular flexibility index (Phi) is 10.4. The molecule has 2 aliphatic heterocycles. The van der Waals surface area contributed by atoms with Crippen LogP contribution in [0, 0.1) is 5.92 Å². The molecule has 0 bridgehead atoms. The molecule has 54 heavy (non-hydrogen) atoms. The van der Waals surface area contributed by atoms with Crippen molar-refractivity contribution < 1.29 is 22.7 Å². The van der Waals surface area contributed by atoms with Crippen molar-refractivity contribution in [1.29, 1.82) is 0 Å². The van der Waals surface area contributed by atoms with E-state index in [0.29, 0.717) is 36.9 Å². The minimum Gasteiger partial charge on any atom is -0.497 e. The van der Waals surface area contributed by atoms with E-state index in [0.717, 1.165) is 47.9 Å². The first-order valence-corrected chi connectivity index (χ1v) is 21.1. The van der Waals surface area contributed by atoms with E-state index in [1.165, 1.54) is 17.7 Å². The Morgan fingerprint density at radius 3 is 2.35 bits per heavy atom. The zero-order chi connectivity index (χ0) is 38.6. The van der Waals surface area contributed by atoms with Gasteiger partial charge in [-0.1, -0.05) is 42.7 Å². The molecule has 4 heterocycles. The molecular weight excluding hydrogens is 703 g/mol. The summed E-state index contributed by atoms with van der Waals surface area (Å²) in [5, 5.41) is 9.52. The van der Waals surface area contributed by atoms with E-state index < -0.39 is 21.2 Å². The van der Waals surface area contributed by atoms with Crippen molar-refractivity contribution in [2.24, 2.45) is 5.92 Å². The van der Waals surface area contributed by atoms with Crippen LogP contribution in [0.5, 0.6) is 0 Å². The normalized spacial score (nSPS) is 23.9. The van der Waals surface area contributed by atoms with E-state index in [9.17, 15) is 18.0 Å². The molecule has 1 saturated heterocycles. The van der Waals surface area contributed by atoms with Gasteiger partial charge in [-0.2, -0.15) is 0 Å². The van der Waals surface area contributed by atoms with Crippen LogP contribution in [0.2, 0.25) is 0 Å². The summed E-state index contributed by atoms with van der Waals surface area (Å²) in [5.74, 6) is 0.169. The Morgan fingerprint density at radius 1 is 1.00 bits per heavy atom. The van der Waals surface area contributed by atoms with Gasteiger partial charge in [-0.05, 0) is 103 Å². The Hall–Kier alpha value is -4.23. The van der Waals surface area contributed by atoms with E-state index in [4.69, 9.17) is 4.74 Å². The van der Waals surface area contributed by atoms with Crippen LogP contribution in [0.15, 0.2) is 48.3 Å². The lowest BCUT2D eigenvalue weighted by Crippen LogP contribution is -2.56. The molecule has 1 aromatic carbocycles. The lowest BCUT2D eigenvalue weighted by molar-refractivity contribution is 0.0409. The van der Waals surface area contributed by atoms with Crippen molar-refractivity contribution in [2.75, 3.05) is 27.2 Å². The maximum absolute atomic E-state index is 14.5. The molecule has 290 valence electrons. The summed E-state index contributed by atoms with van der Waals surface area (Å²) < 4.78 is 37.8. The molecule has 2 fully saturated rings. The number of allylic oxidation sites excluding steroid dienone is 5. The van der Waals surface area contributed by atoms with Crippen LogP contribution >= 0.6 is 0 Å². The molecule has 1 N–H and O–H groups in total. The number of aromatic nitrogens is 4. The van der Waals surface area contributed by atoms with Gasteiger partial charge in [0.05, 0.1) is 18.1 Å². The number of hydrogen-bond donors (Lipinski definition) is 1. The highest BCUT2D eigenvalue weighted by atomic mass is 32.2. The molecule has 1 saturated carbocycles. The maximum Gasteiger partial charge on any atom is 0.276 e. The fraction of sp³-hybridized carbons (Fsp3) is 0.561. The summed E-state index contributed by atoms with van der Waals surface area (Å²) in [6.45, 7) is 13.1. The molecule has 2 aliphatic carbocycles. The van der Waals surface area contributed by atoms with Gasteiger partial charge in [0, 0.05) is 71.8 Å². The minimum absolute atomic E-state index is 0.0498. The molecule has 0 radical (unpaired) electrons. The van der Waals surface area contributed by atoms with Crippen molar-refractivity contribution in [3.8, 4) is 0 Å². The summed E-state index contributed by atoms with van der Waals surface area (Å²) in [4.78, 5) is 32.3. The number of carbonyl (C=O) groups is 2. The van der Waals surface area contributed by atoms with Crippen LogP contribution in [0.1, 0.15) is 129 Å². The number of benzene rings is 1. The third-order valence-corrected chi connectivity index (χ3v) is 13.8. The van der Waals surface area contributed by atoms with Gasteiger partial charge in [0.15, 0.2) is 5.69 Å². The van der Waals surface area contributed by atoms with Gasteiger partial charge >= 0.3 is 0 Å².